The van der Waals surface area contributed by atoms with Crippen LogP contribution >= 0.6 is 45.5 Å². The van der Waals surface area contributed by atoms with Crippen molar-refractivity contribution < 1.29 is 5.11 Å². The zero-order chi connectivity index (χ0) is 12.6. The minimum Gasteiger partial charge on any atom is -0.383 e. The molecule has 0 saturated carbocycles. The first kappa shape index (κ1) is 13.3. The van der Waals surface area contributed by atoms with Gasteiger partial charge < -0.3 is 5.11 Å². The van der Waals surface area contributed by atoms with Crippen molar-refractivity contribution in [1.82, 2.24) is 0 Å². The SMILES string of the molecule is Cc1cc(C(O)c2cccc(C)c2I)sc1Cl. The average molecular weight is 379 g/mol. The number of rotatable bonds is 2. The maximum atomic E-state index is 10.4. The van der Waals surface area contributed by atoms with E-state index in [0.29, 0.717) is 0 Å². The van der Waals surface area contributed by atoms with Gasteiger partial charge >= 0.3 is 0 Å². The van der Waals surface area contributed by atoms with E-state index in [1.807, 2.05) is 38.1 Å². The van der Waals surface area contributed by atoms with Crippen molar-refractivity contribution in [3.63, 3.8) is 0 Å². The van der Waals surface area contributed by atoms with E-state index in [9.17, 15) is 5.11 Å². The summed E-state index contributed by atoms with van der Waals surface area (Å²) < 4.78 is 1.86. The third-order valence-corrected chi connectivity index (χ3v) is 5.74. The molecule has 0 amide bonds. The van der Waals surface area contributed by atoms with Crippen LogP contribution in [0.2, 0.25) is 4.34 Å². The van der Waals surface area contributed by atoms with Gasteiger partial charge in [-0.1, -0.05) is 29.8 Å². The second-order valence-corrected chi connectivity index (χ2v) is 6.75. The Labute approximate surface area is 124 Å². The van der Waals surface area contributed by atoms with Gasteiger partial charge in [-0.3, -0.25) is 0 Å². The topological polar surface area (TPSA) is 20.2 Å². The maximum Gasteiger partial charge on any atom is 0.114 e. The van der Waals surface area contributed by atoms with Gasteiger partial charge in [-0.05, 0) is 59.2 Å². The van der Waals surface area contributed by atoms with Gasteiger partial charge in [0.25, 0.3) is 0 Å². The Morgan fingerprint density at radius 1 is 1.29 bits per heavy atom. The number of halogens is 2. The third kappa shape index (κ3) is 2.67. The van der Waals surface area contributed by atoms with Gasteiger partial charge in [-0.15, -0.1) is 11.3 Å². The van der Waals surface area contributed by atoms with E-state index >= 15 is 0 Å². The molecule has 2 aromatic rings. The molecule has 1 aromatic heterocycles. The van der Waals surface area contributed by atoms with Crippen LogP contribution in [0.5, 0.6) is 0 Å². The van der Waals surface area contributed by atoms with Crippen LogP contribution < -0.4 is 0 Å². The van der Waals surface area contributed by atoms with Crippen LogP contribution in [0.1, 0.15) is 27.7 Å². The largest absolute Gasteiger partial charge is 0.383 e. The molecular formula is C13H12ClIOS. The predicted molar refractivity (Wildman–Crippen MR) is 82.0 cm³/mol. The van der Waals surface area contributed by atoms with Crippen molar-refractivity contribution in [2.24, 2.45) is 0 Å². The Morgan fingerprint density at radius 3 is 2.59 bits per heavy atom. The molecular weight excluding hydrogens is 367 g/mol. The summed E-state index contributed by atoms with van der Waals surface area (Å²) >= 11 is 9.76. The second kappa shape index (κ2) is 5.26. The van der Waals surface area contributed by atoms with E-state index in [1.54, 1.807) is 0 Å². The normalized spacial score (nSPS) is 12.8. The molecule has 4 heteroatoms. The van der Waals surface area contributed by atoms with Crippen molar-refractivity contribution in [3.8, 4) is 0 Å². The molecule has 1 aromatic carbocycles. The quantitative estimate of drug-likeness (QED) is 0.751. The Bertz CT molecular complexity index is 531. The van der Waals surface area contributed by atoms with Crippen LogP contribution in [-0.4, -0.2) is 5.11 Å². The fourth-order valence-corrected chi connectivity index (χ4v) is 3.53. The Morgan fingerprint density at radius 2 is 2.00 bits per heavy atom. The standard InChI is InChI=1S/C13H12ClIOS/c1-7-4-3-5-9(11(7)15)12(16)10-6-8(2)13(14)17-10/h3-6,12,16H,1-2H3. The lowest BCUT2D eigenvalue weighted by atomic mass is 10.1. The van der Waals surface area contributed by atoms with Crippen LogP contribution in [-0.2, 0) is 0 Å². The summed E-state index contributed by atoms with van der Waals surface area (Å²) in [6, 6.07) is 7.93. The van der Waals surface area contributed by atoms with E-state index in [2.05, 4.69) is 22.6 Å². The van der Waals surface area contributed by atoms with Crippen LogP contribution in [0.25, 0.3) is 0 Å². The zero-order valence-corrected chi connectivity index (χ0v) is 13.2. The summed E-state index contributed by atoms with van der Waals surface area (Å²) in [5.74, 6) is 0. The van der Waals surface area contributed by atoms with Crippen molar-refractivity contribution in [2.75, 3.05) is 0 Å². The van der Waals surface area contributed by atoms with E-state index in [0.717, 1.165) is 23.9 Å². The first-order valence-corrected chi connectivity index (χ1v) is 7.47. The first-order valence-electron chi connectivity index (χ1n) is 5.19. The highest BCUT2D eigenvalue weighted by molar-refractivity contribution is 14.1. The molecule has 0 bridgehead atoms. The summed E-state index contributed by atoms with van der Waals surface area (Å²) in [5, 5.41) is 10.4. The molecule has 0 radical (unpaired) electrons. The Kier molecular flexibility index (Phi) is 4.13. The molecule has 1 N–H and O–H groups in total. The molecule has 0 aliphatic carbocycles. The summed E-state index contributed by atoms with van der Waals surface area (Å²) in [4.78, 5) is 0.899. The van der Waals surface area contributed by atoms with Gasteiger partial charge in [0.15, 0.2) is 0 Å². The summed E-state index contributed by atoms with van der Waals surface area (Å²) in [5.41, 5.74) is 3.15. The maximum absolute atomic E-state index is 10.4. The van der Waals surface area contributed by atoms with Crippen molar-refractivity contribution in [2.45, 2.75) is 20.0 Å². The molecule has 1 unspecified atom stereocenters. The van der Waals surface area contributed by atoms with Gasteiger partial charge in [-0.2, -0.15) is 0 Å². The monoisotopic (exact) mass is 378 g/mol. The molecule has 90 valence electrons. The molecule has 0 aliphatic heterocycles. The molecule has 2 rings (SSSR count). The number of hydrogen-bond acceptors (Lipinski definition) is 2. The number of hydrogen-bond donors (Lipinski definition) is 1. The van der Waals surface area contributed by atoms with Gasteiger partial charge in [-0.25, -0.2) is 0 Å². The molecule has 0 fully saturated rings. The molecule has 0 aliphatic rings. The number of aliphatic hydroxyl groups excluding tert-OH is 1. The summed E-state index contributed by atoms with van der Waals surface area (Å²) in [6.45, 7) is 4.00. The van der Waals surface area contributed by atoms with E-state index < -0.39 is 6.10 Å². The smallest absolute Gasteiger partial charge is 0.114 e. The van der Waals surface area contributed by atoms with Gasteiger partial charge in [0, 0.05) is 8.45 Å². The highest BCUT2D eigenvalue weighted by atomic mass is 127. The molecule has 0 spiro atoms. The number of aryl methyl sites for hydroxylation is 2. The molecule has 1 heterocycles. The highest BCUT2D eigenvalue weighted by Gasteiger charge is 2.17. The molecule has 1 atom stereocenters. The molecule has 1 nitrogen and oxygen atoms in total. The third-order valence-electron chi connectivity index (χ3n) is 2.66. The number of thiophene rings is 1. The van der Waals surface area contributed by atoms with Crippen molar-refractivity contribution in [1.29, 1.82) is 0 Å². The van der Waals surface area contributed by atoms with Crippen LogP contribution in [0.4, 0.5) is 0 Å². The molecule has 17 heavy (non-hydrogen) atoms. The van der Waals surface area contributed by atoms with E-state index in [-0.39, 0.29) is 0 Å². The zero-order valence-electron chi connectivity index (χ0n) is 9.50. The minimum absolute atomic E-state index is 0.585. The number of aliphatic hydroxyl groups is 1. The predicted octanol–water partition coefficient (Wildman–Crippen LogP) is 4.70. The summed E-state index contributed by atoms with van der Waals surface area (Å²) in [7, 11) is 0. The average Bonchev–Trinajstić information content (AvgIpc) is 2.62. The lowest BCUT2D eigenvalue weighted by molar-refractivity contribution is 0.223. The lowest BCUT2D eigenvalue weighted by Crippen LogP contribution is -2.01. The van der Waals surface area contributed by atoms with Crippen molar-refractivity contribution in [3.05, 3.63) is 53.7 Å². The van der Waals surface area contributed by atoms with Crippen LogP contribution in [0, 0.1) is 17.4 Å². The summed E-state index contributed by atoms with van der Waals surface area (Å²) in [6.07, 6.45) is -0.585. The minimum atomic E-state index is -0.585. The Balaban J connectivity index is 2.43. The van der Waals surface area contributed by atoms with Gasteiger partial charge in [0.05, 0.1) is 4.34 Å². The van der Waals surface area contributed by atoms with Gasteiger partial charge in [0.1, 0.15) is 6.10 Å². The fourth-order valence-electron chi connectivity index (χ4n) is 1.65. The molecule has 0 saturated heterocycles. The highest BCUT2D eigenvalue weighted by Crippen LogP contribution is 2.35. The van der Waals surface area contributed by atoms with Crippen LogP contribution in [0.3, 0.4) is 0 Å². The van der Waals surface area contributed by atoms with Crippen LogP contribution in [0.15, 0.2) is 24.3 Å². The van der Waals surface area contributed by atoms with E-state index in [4.69, 9.17) is 11.6 Å². The number of benzene rings is 1. The van der Waals surface area contributed by atoms with E-state index in [1.165, 1.54) is 16.9 Å². The second-order valence-electron chi connectivity index (χ2n) is 3.99. The fraction of sp³-hybridized carbons (Fsp3) is 0.231. The first-order chi connectivity index (χ1) is 8.00. The Hall–Kier alpha value is -0.100. The lowest BCUT2D eigenvalue weighted by Gasteiger charge is -2.12. The van der Waals surface area contributed by atoms with Crippen molar-refractivity contribution >= 4 is 45.5 Å². The van der Waals surface area contributed by atoms with Gasteiger partial charge in [0.2, 0.25) is 0 Å².